The Bertz CT molecular complexity index is 1790. The molecule has 47 heavy (non-hydrogen) atoms. The monoisotopic (exact) mass is 638 g/mol. The zero-order valence-electron chi connectivity index (χ0n) is 25.9. The third kappa shape index (κ3) is 8.91. The van der Waals surface area contributed by atoms with Gasteiger partial charge in [0.25, 0.3) is 5.91 Å². The van der Waals surface area contributed by atoms with Crippen molar-refractivity contribution in [2.24, 2.45) is 5.73 Å². The number of aliphatic carboxylic acids is 1. The molecule has 0 saturated heterocycles. The molecule has 3 aromatic carbocycles. The maximum absolute atomic E-state index is 13.1. The summed E-state index contributed by atoms with van der Waals surface area (Å²) >= 11 is 0. The van der Waals surface area contributed by atoms with Gasteiger partial charge in [0.05, 0.1) is 49.3 Å². The standard InChI is InChI=1S/C34H34N6O7/c1-20-6-4-5-7-25(20)38-34(46)39-27-14-8-21(16-29(27)47-3)17-30(41)37-24-13-15-26(36-19-24)28(18-31(42)43)40(2)33(45)23-11-9-22(10-12-23)32(35)44/h4-16,19,28H,17-18H2,1-3H3,(H2,35,44)(H,37,41)(H,42,43)(H2,38,39,46). The van der Waals surface area contributed by atoms with Gasteiger partial charge in [-0.05, 0) is 72.6 Å². The second kappa shape index (κ2) is 15.2. The first-order valence-electron chi connectivity index (χ1n) is 14.4. The zero-order chi connectivity index (χ0) is 34.1. The molecule has 0 aliphatic carbocycles. The molecule has 6 N–H and O–H groups in total. The van der Waals surface area contributed by atoms with E-state index in [1.807, 2.05) is 25.1 Å². The number of nitrogens with one attached hydrogen (secondary N) is 3. The minimum absolute atomic E-state index is 0.0127. The highest BCUT2D eigenvalue weighted by Crippen LogP contribution is 2.27. The average molecular weight is 639 g/mol. The largest absolute Gasteiger partial charge is 0.495 e. The Hall–Kier alpha value is -6.24. The molecule has 0 radical (unpaired) electrons. The number of amides is 5. The van der Waals surface area contributed by atoms with E-state index < -0.39 is 36.3 Å². The van der Waals surface area contributed by atoms with Crippen molar-refractivity contribution in [2.45, 2.75) is 25.8 Å². The van der Waals surface area contributed by atoms with Crippen LogP contribution in [-0.2, 0) is 16.0 Å². The van der Waals surface area contributed by atoms with E-state index in [0.717, 1.165) is 5.56 Å². The van der Waals surface area contributed by atoms with Gasteiger partial charge in [-0.3, -0.25) is 24.2 Å². The number of aryl methyl sites for hydroxylation is 1. The summed E-state index contributed by atoms with van der Waals surface area (Å²) in [5.74, 6) is -2.24. The number of hydrogen-bond acceptors (Lipinski definition) is 7. The number of nitrogens with zero attached hydrogens (tertiary/aromatic N) is 2. The molecule has 0 spiro atoms. The van der Waals surface area contributed by atoms with Crippen LogP contribution in [-0.4, -0.2) is 58.9 Å². The summed E-state index contributed by atoms with van der Waals surface area (Å²) in [5.41, 5.74) is 9.03. The van der Waals surface area contributed by atoms with Crippen LogP contribution in [0.4, 0.5) is 21.9 Å². The van der Waals surface area contributed by atoms with Crippen molar-refractivity contribution in [3.05, 3.63) is 113 Å². The van der Waals surface area contributed by atoms with E-state index in [9.17, 15) is 29.1 Å². The lowest BCUT2D eigenvalue weighted by atomic mass is 10.1. The first kappa shape index (κ1) is 33.6. The van der Waals surface area contributed by atoms with Gasteiger partial charge in [-0.25, -0.2) is 4.79 Å². The highest BCUT2D eigenvalue weighted by Gasteiger charge is 2.26. The first-order valence-corrected chi connectivity index (χ1v) is 14.4. The van der Waals surface area contributed by atoms with Gasteiger partial charge in [-0.1, -0.05) is 24.3 Å². The number of carbonyl (C=O) groups is 5. The van der Waals surface area contributed by atoms with Crippen LogP contribution in [0.1, 0.15) is 50.0 Å². The van der Waals surface area contributed by atoms with E-state index in [1.165, 1.54) is 55.6 Å². The third-order valence-electron chi connectivity index (χ3n) is 7.26. The fourth-order valence-corrected chi connectivity index (χ4v) is 4.73. The summed E-state index contributed by atoms with van der Waals surface area (Å²) in [6.07, 6.45) is 0.949. The number of nitrogens with two attached hydrogens (primary N) is 1. The number of benzene rings is 3. The van der Waals surface area contributed by atoms with Crippen LogP contribution in [0.15, 0.2) is 85.1 Å². The van der Waals surface area contributed by atoms with Gasteiger partial charge in [0, 0.05) is 23.9 Å². The maximum atomic E-state index is 13.1. The molecule has 1 atom stereocenters. The number of urea groups is 1. The Kier molecular flexibility index (Phi) is 10.9. The van der Waals surface area contributed by atoms with Crippen molar-refractivity contribution in [1.82, 2.24) is 9.88 Å². The number of rotatable bonds is 12. The lowest BCUT2D eigenvalue weighted by Gasteiger charge is -2.27. The van der Waals surface area contributed by atoms with Crippen molar-refractivity contribution in [1.29, 1.82) is 0 Å². The zero-order valence-corrected chi connectivity index (χ0v) is 25.9. The molecule has 13 heteroatoms. The minimum atomic E-state index is -1.14. The van der Waals surface area contributed by atoms with E-state index in [4.69, 9.17) is 10.5 Å². The molecule has 0 aliphatic heterocycles. The Labute approximate surface area is 270 Å². The third-order valence-corrected chi connectivity index (χ3v) is 7.26. The van der Waals surface area contributed by atoms with E-state index in [1.54, 1.807) is 30.3 Å². The van der Waals surface area contributed by atoms with Gasteiger partial charge >= 0.3 is 12.0 Å². The highest BCUT2D eigenvalue weighted by molar-refractivity contribution is 6.01. The molecule has 242 valence electrons. The minimum Gasteiger partial charge on any atom is -0.495 e. The molecule has 1 unspecified atom stereocenters. The number of hydrogen-bond donors (Lipinski definition) is 5. The average Bonchev–Trinajstić information content (AvgIpc) is 3.05. The van der Waals surface area contributed by atoms with Crippen molar-refractivity contribution < 1.29 is 33.8 Å². The maximum Gasteiger partial charge on any atom is 0.323 e. The van der Waals surface area contributed by atoms with Crippen LogP contribution < -0.4 is 26.4 Å². The van der Waals surface area contributed by atoms with Crippen LogP contribution in [0.3, 0.4) is 0 Å². The lowest BCUT2D eigenvalue weighted by Crippen LogP contribution is -2.33. The van der Waals surface area contributed by atoms with Gasteiger partial charge in [0.1, 0.15) is 5.75 Å². The fourth-order valence-electron chi connectivity index (χ4n) is 4.73. The lowest BCUT2D eigenvalue weighted by molar-refractivity contribution is -0.138. The van der Waals surface area contributed by atoms with Crippen LogP contribution in [0.2, 0.25) is 0 Å². The van der Waals surface area contributed by atoms with Crippen LogP contribution in [0, 0.1) is 6.92 Å². The Morgan fingerprint density at radius 3 is 2.19 bits per heavy atom. The van der Waals surface area contributed by atoms with Crippen molar-refractivity contribution in [2.75, 3.05) is 30.1 Å². The van der Waals surface area contributed by atoms with Gasteiger partial charge < -0.3 is 36.4 Å². The number of pyridine rings is 1. The molecular weight excluding hydrogens is 604 g/mol. The molecule has 4 rings (SSSR count). The number of anilines is 3. The number of methoxy groups -OCH3 is 1. The van der Waals surface area contributed by atoms with Crippen molar-refractivity contribution in [3.8, 4) is 5.75 Å². The van der Waals surface area contributed by atoms with Crippen molar-refractivity contribution >= 4 is 46.8 Å². The van der Waals surface area contributed by atoms with Gasteiger partial charge in [0.2, 0.25) is 11.8 Å². The fraction of sp³-hybridized carbons (Fsp3) is 0.176. The Morgan fingerprint density at radius 2 is 1.57 bits per heavy atom. The normalized spacial score (nSPS) is 11.1. The number of carboxylic acid groups (broad SMARTS) is 1. The van der Waals surface area contributed by atoms with Crippen LogP contribution in [0.5, 0.6) is 5.75 Å². The molecule has 13 nitrogen and oxygen atoms in total. The summed E-state index contributed by atoms with van der Waals surface area (Å²) in [5, 5.41) is 17.8. The number of para-hydroxylation sites is 1. The van der Waals surface area contributed by atoms with Gasteiger partial charge in [0.15, 0.2) is 0 Å². The number of carboxylic acids is 1. The number of primary amides is 1. The molecule has 4 aromatic rings. The summed E-state index contributed by atoms with van der Waals surface area (Å²) in [7, 11) is 2.92. The molecule has 0 saturated carbocycles. The predicted octanol–water partition coefficient (Wildman–Crippen LogP) is 4.61. The molecule has 0 bridgehead atoms. The number of aromatic nitrogens is 1. The van der Waals surface area contributed by atoms with Gasteiger partial charge in [-0.15, -0.1) is 0 Å². The molecule has 0 fully saturated rings. The molecule has 1 aromatic heterocycles. The molecule has 1 heterocycles. The number of ether oxygens (including phenoxy) is 1. The van der Waals surface area contributed by atoms with Crippen LogP contribution >= 0.6 is 0 Å². The smallest absolute Gasteiger partial charge is 0.323 e. The van der Waals surface area contributed by atoms with Gasteiger partial charge in [-0.2, -0.15) is 0 Å². The number of carbonyl (C=O) groups excluding carboxylic acids is 4. The summed E-state index contributed by atoms with van der Waals surface area (Å²) in [4.78, 5) is 67.1. The first-order chi connectivity index (χ1) is 22.4. The predicted molar refractivity (Wildman–Crippen MR) is 175 cm³/mol. The van der Waals surface area contributed by atoms with Crippen LogP contribution in [0.25, 0.3) is 0 Å². The van der Waals surface area contributed by atoms with Crippen molar-refractivity contribution in [3.63, 3.8) is 0 Å². The second-order valence-corrected chi connectivity index (χ2v) is 10.6. The molecule has 5 amide bonds. The van der Waals surface area contributed by atoms with E-state index in [0.29, 0.717) is 34.1 Å². The van der Waals surface area contributed by atoms with E-state index in [-0.39, 0.29) is 23.5 Å². The second-order valence-electron chi connectivity index (χ2n) is 10.6. The van der Waals surface area contributed by atoms with E-state index >= 15 is 0 Å². The van der Waals surface area contributed by atoms with E-state index in [2.05, 4.69) is 20.9 Å². The summed E-state index contributed by atoms with van der Waals surface area (Å²) in [6, 6.07) is 19.8. The molecule has 0 aliphatic rings. The summed E-state index contributed by atoms with van der Waals surface area (Å²) in [6.45, 7) is 1.88. The Morgan fingerprint density at radius 1 is 0.894 bits per heavy atom. The highest BCUT2D eigenvalue weighted by atomic mass is 16.5. The SMILES string of the molecule is COc1cc(CC(=O)Nc2ccc(C(CC(=O)O)N(C)C(=O)c3ccc(C(N)=O)cc3)nc2)ccc1NC(=O)Nc1ccccc1C. The quantitative estimate of drug-likeness (QED) is 0.148. The Balaban J connectivity index is 1.39. The topological polar surface area (TPSA) is 193 Å². The molecular formula is C34H34N6O7. The summed E-state index contributed by atoms with van der Waals surface area (Å²) < 4.78 is 5.43.